The maximum atomic E-state index is 12.6. The summed E-state index contributed by atoms with van der Waals surface area (Å²) in [6.07, 6.45) is 1.59. The van der Waals surface area contributed by atoms with Crippen molar-refractivity contribution in [2.75, 3.05) is 0 Å². The predicted molar refractivity (Wildman–Crippen MR) is 102 cm³/mol. The smallest absolute Gasteiger partial charge is 0.261 e. The fraction of sp³-hybridized carbons (Fsp3) is 0.200. The molecule has 0 bridgehead atoms. The molecule has 0 aliphatic rings. The van der Waals surface area contributed by atoms with Crippen molar-refractivity contribution in [2.24, 2.45) is 0 Å². The zero-order valence-electron chi connectivity index (χ0n) is 14.9. The van der Waals surface area contributed by atoms with Crippen LogP contribution in [0.25, 0.3) is 22.3 Å². The van der Waals surface area contributed by atoms with E-state index in [9.17, 15) is 4.79 Å². The van der Waals surface area contributed by atoms with Crippen LogP contribution in [0.4, 0.5) is 0 Å². The van der Waals surface area contributed by atoms with E-state index in [1.807, 2.05) is 55.5 Å². The van der Waals surface area contributed by atoms with Gasteiger partial charge in [0.05, 0.1) is 23.8 Å². The zero-order chi connectivity index (χ0) is 18.6. The first-order valence-corrected chi connectivity index (χ1v) is 8.76. The average Bonchev–Trinajstić information content (AvgIpc) is 3.19. The van der Waals surface area contributed by atoms with Crippen LogP contribution in [0.3, 0.4) is 0 Å². The molecule has 0 radical (unpaired) electrons. The number of nitrogens with one attached hydrogen (secondary N) is 1. The second kappa shape index (κ2) is 7.51. The minimum absolute atomic E-state index is 0.0257. The summed E-state index contributed by atoms with van der Waals surface area (Å²) >= 11 is 0. The summed E-state index contributed by atoms with van der Waals surface area (Å²) in [5, 5.41) is 7.93. The Morgan fingerprint density at radius 3 is 2.74 bits per heavy atom. The van der Waals surface area contributed by atoms with Gasteiger partial charge in [-0.3, -0.25) is 9.36 Å². The first-order chi connectivity index (χ1) is 13.2. The molecule has 27 heavy (non-hydrogen) atoms. The zero-order valence-corrected chi connectivity index (χ0v) is 14.9. The van der Waals surface area contributed by atoms with Crippen molar-refractivity contribution in [3.63, 3.8) is 0 Å². The maximum absolute atomic E-state index is 12.6. The average molecular weight is 361 g/mol. The van der Waals surface area contributed by atoms with Crippen LogP contribution < -0.4 is 10.9 Å². The van der Waals surface area contributed by atoms with Crippen LogP contribution >= 0.6 is 0 Å². The highest BCUT2D eigenvalue weighted by Gasteiger charge is 2.11. The van der Waals surface area contributed by atoms with Crippen molar-refractivity contribution in [1.82, 2.24) is 25.0 Å². The van der Waals surface area contributed by atoms with Crippen molar-refractivity contribution in [1.29, 1.82) is 0 Å². The summed E-state index contributed by atoms with van der Waals surface area (Å²) in [4.78, 5) is 21.3. The van der Waals surface area contributed by atoms with E-state index in [0.29, 0.717) is 35.7 Å². The van der Waals surface area contributed by atoms with E-state index in [1.165, 1.54) is 0 Å². The molecule has 0 spiro atoms. The maximum Gasteiger partial charge on any atom is 0.261 e. The van der Waals surface area contributed by atoms with Crippen LogP contribution in [0.1, 0.15) is 12.8 Å². The predicted octanol–water partition coefficient (Wildman–Crippen LogP) is 2.62. The second-order valence-electron chi connectivity index (χ2n) is 6.38. The SMILES string of the molecule is CC(Cn1cnc2ccccc2c1=O)NCc1nc(-c2ccccc2)no1. The molecule has 0 saturated heterocycles. The van der Waals surface area contributed by atoms with Gasteiger partial charge in [0.2, 0.25) is 11.7 Å². The molecular weight excluding hydrogens is 342 g/mol. The topological polar surface area (TPSA) is 85.8 Å². The van der Waals surface area contributed by atoms with Crippen LogP contribution in [0, 0.1) is 0 Å². The molecule has 0 fully saturated rings. The molecule has 1 unspecified atom stereocenters. The van der Waals surface area contributed by atoms with Crippen LogP contribution in [0.15, 0.2) is 70.2 Å². The third-order valence-electron chi connectivity index (χ3n) is 4.30. The van der Waals surface area contributed by atoms with Gasteiger partial charge in [-0.05, 0) is 19.1 Å². The van der Waals surface area contributed by atoms with E-state index in [2.05, 4.69) is 20.4 Å². The molecule has 7 nitrogen and oxygen atoms in total. The van der Waals surface area contributed by atoms with Gasteiger partial charge in [-0.2, -0.15) is 4.98 Å². The monoisotopic (exact) mass is 361 g/mol. The molecule has 2 aromatic heterocycles. The molecular formula is C20H19N5O2. The first-order valence-electron chi connectivity index (χ1n) is 8.76. The molecule has 0 saturated carbocycles. The molecule has 136 valence electrons. The summed E-state index contributed by atoms with van der Waals surface area (Å²) in [6.45, 7) is 2.92. The van der Waals surface area contributed by atoms with E-state index >= 15 is 0 Å². The summed E-state index contributed by atoms with van der Waals surface area (Å²) in [7, 11) is 0. The fourth-order valence-corrected chi connectivity index (χ4v) is 2.89. The summed E-state index contributed by atoms with van der Waals surface area (Å²) in [5.41, 5.74) is 1.58. The third-order valence-corrected chi connectivity index (χ3v) is 4.30. The van der Waals surface area contributed by atoms with Gasteiger partial charge in [0.25, 0.3) is 5.56 Å². The molecule has 2 heterocycles. The molecule has 4 aromatic rings. The number of rotatable bonds is 6. The van der Waals surface area contributed by atoms with Gasteiger partial charge in [-0.15, -0.1) is 0 Å². The Hall–Kier alpha value is -3.32. The van der Waals surface area contributed by atoms with Crippen molar-refractivity contribution < 1.29 is 4.52 Å². The lowest BCUT2D eigenvalue weighted by Gasteiger charge is -2.14. The molecule has 7 heteroatoms. The van der Waals surface area contributed by atoms with E-state index in [0.717, 1.165) is 5.56 Å². The quantitative estimate of drug-likeness (QED) is 0.568. The fourth-order valence-electron chi connectivity index (χ4n) is 2.89. The van der Waals surface area contributed by atoms with Crippen molar-refractivity contribution >= 4 is 10.9 Å². The Kier molecular flexibility index (Phi) is 4.76. The van der Waals surface area contributed by atoms with E-state index in [-0.39, 0.29) is 11.6 Å². The highest BCUT2D eigenvalue weighted by atomic mass is 16.5. The Morgan fingerprint density at radius 2 is 1.89 bits per heavy atom. The summed E-state index contributed by atoms with van der Waals surface area (Å²) in [5.74, 6) is 1.07. The largest absolute Gasteiger partial charge is 0.338 e. The Morgan fingerprint density at radius 1 is 1.11 bits per heavy atom. The Bertz CT molecular complexity index is 1100. The highest BCUT2D eigenvalue weighted by Crippen LogP contribution is 2.14. The van der Waals surface area contributed by atoms with Crippen molar-refractivity contribution in [3.05, 3.63) is 77.2 Å². The second-order valence-corrected chi connectivity index (χ2v) is 6.38. The van der Waals surface area contributed by atoms with Crippen molar-refractivity contribution in [2.45, 2.75) is 26.1 Å². The number of fused-ring (bicyclic) bond motifs is 1. The minimum atomic E-state index is -0.0431. The van der Waals surface area contributed by atoms with E-state index < -0.39 is 0 Å². The standard InChI is InChI=1S/C20H19N5O2/c1-14(12-25-13-22-17-10-6-5-9-16(17)20(25)26)21-11-18-23-19(24-27-18)15-7-3-2-4-8-15/h2-10,13-14,21H,11-12H2,1H3. The molecule has 1 N–H and O–H groups in total. The third kappa shape index (κ3) is 3.78. The minimum Gasteiger partial charge on any atom is -0.338 e. The summed E-state index contributed by atoms with van der Waals surface area (Å²) < 4.78 is 6.91. The van der Waals surface area contributed by atoms with Crippen LogP contribution in [-0.2, 0) is 13.1 Å². The van der Waals surface area contributed by atoms with Gasteiger partial charge in [-0.1, -0.05) is 47.6 Å². The molecule has 0 amide bonds. The van der Waals surface area contributed by atoms with Crippen LogP contribution in [0.5, 0.6) is 0 Å². The first kappa shape index (κ1) is 17.1. The number of benzene rings is 2. The van der Waals surface area contributed by atoms with Crippen molar-refractivity contribution in [3.8, 4) is 11.4 Å². The van der Waals surface area contributed by atoms with E-state index in [4.69, 9.17) is 4.52 Å². The lowest BCUT2D eigenvalue weighted by molar-refractivity contribution is 0.352. The van der Waals surface area contributed by atoms with Gasteiger partial charge in [-0.25, -0.2) is 4.98 Å². The van der Waals surface area contributed by atoms with Gasteiger partial charge < -0.3 is 9.84 Å². The molecule has 0 aliphatic carbocycles. The number of hydrogen-bond donors (Lipinski definition) is 1. The number of para-hydroxylation sites is 1. The van der Waals surface area contributed by atoms with Gasteiger partial charge in [0, 0.05) is 18.2 Å². The Labute approximate surface area is 155 Å². The normalized spacial score (nSPS) is 12.3. The molecule has 1 atom stereocenters. The number of hydrogen-bond acceptors (Lipinski definition) is 6. The highest BCUT2D eigenvalue weighted by molar-refractivity contribution is 5.76. The molecule has 0 aliphatic heterocycles. The summed E-state index contributed by atoms with van der Waals surface area (Å²) in [6, 6.07) is 17.0. The lowest BCUT2D eigenvalue weighted by atomic mass is 10.2. The van der Waals surface area contributed by atoms with Crippen LogP contribution in [-0.4, -0.2) is 25.7 Å². The van der Waals surface area contributed by atoms with Crippen LogP contribution in [0.2, 0.25) is 0 Å². The van der Waals surface area contributed by atoms with Gasteiger partial charge in [0.1, 0.15) is 0 Å². The molecule has 4 rings (SSSR count). The van der Waals surface area contributed by atoms with E-state index in [1.54, 1.807) is 17.0 Å². The number of aromatic nitrogens is 4. The van der Waals surface area contributed by atoms with Gasteiger partial charge >= 0.3 is 0 Å². The molecule has 2 aromatic carbocycles. The lowest BCUT2D eigenvalue weighted by Crippen LogP contribution is -2.34. The Balaban J connectivity index is 1.40. The number of nitrogens with zero attached hydrogens (tertiary/aromatic N) is 4. The van der Waals surface area contributed by atoms with Gasteiger partial charge in [0.15, 0.2) is 0 Å².